The first-order valence-electron chi connectivity index (χ1n) is 19.2. The summed E-state index contributed by atoms with van der Waals surface area (Å²) in [5, 5.41) is 0. The van der Waals surface area contributed by atoms with Gasteiger partial charge in [0.15, 0.2) is 0 Å². The normalized spacial score (nSPS) is 20.5. The average Bonchev–Trinajstić information content (AvgIpc) is 3.92. The van der Waals surface area contributed by atoms with E-state index in [1.54, 1.807) is 0 Å². The summed E-state index contributed by atoms with van der Waals surface area (Å²) < 4.78 is 330. The van der Waals surface area contributed by atoms with Crippen LogP contribution in [-0.2, 0) is 34.2 Å². The van der Waals surface area contributed by atoms with Gasteiger partial charge in [-0.05, 0) is 0 Å². The molecule has 36 heteroatoms. The molecule has 0 saturated carbocycles. The van der Waals surface area contributed by atoms with E-state index in [0.717, 1.165) is 24.3 Å². The van der Waals surface area contributed by atoms with Crippen molar-refractivity contribution in [3.8, 4) is 0 Å². The molecule has 4 nitrogen and oxygen atoms in total. The van der Waals surface area contributed by atoms with Gasteiger partial charge in [-0.1, -0.05) is 0 Å². The molecule has 4 heterocycles. The summed E-state index contributed by atoms with van der Waals surface area (Å²) in [6.07, 6.45) is -44.7. The molecule has 0 radical (unpaired) electrons. The summed E-state index contributed by atoms with van der Waals surface area (Å²) in [5.41, 5.74) is -19.3. The summed E-state index contributed by atoms with van der Waals surface area (Å²) in [6.45, 7) is 5.68. The van der Waals surface area contributed by atoms with Gasteiger partial charge < -0.3 is 0 Å². The van der Waals surface area contributed by atoms with Gasteiger partial charge in [-0.2, -0.15) is 0 Å². The topological polar surface area (TPSA) is 36.9 Å². The van der Waals surface area contributed by atoms with Gasteiger partial charge in [0.1, 0.15) is 0 Å². The van der Waals surface area contributed by atoms with Crippen LogP contribution in [0, 0.1) is 75.7 Å². The maximum atomic E-state index is 13.1. The van der Waals surface area contributed by atoms with E-state index in [-0.39, 0.29) is 24.8 Å². The van der Waals surface area contributed by atoms with Gasteiger partial charge in [0.25, 0.3) is 0 Å². The second kappa shape index (κ2) is 22.1. The second-order valence-electron chi connectivity index (χ2n) is 15.8. The van der Waals surface area contributed by atoms with Crippen molar-refractivity contribution in [2.45, 2.75) is 99.5 Å². The molecule has 0 atom stereocenters. The van der Waals surface area contributed by atoms with Gasteiger partial charge in [-0.25, -0.2) is 0 Å². The molecular weight excluding hydrogens is 1900 g/mol. The molecule has 4 aliphatic rings. The molecule has 0 aliphatic carbocycles. The minimum atomic E-state index is -5.62. The molecule has 0 saturated heterocycles. The van der Waals surface area contributed by atoms with Gasteiger partial charge in [0.2, 0.25) is 0 Å². The number of halogens is 30. The van der Waals surface area contributed by atoms with Gasteiger partial charge >= 0.3 is 468 Å². The zero-order valence-corrected chi connectivity index (χ0v) is 51.5. The number of alkyl halides is 24. The number of hydrogen-bond donors (Lipinski definition) is 0. The summed E-state index contributed by atoms with van der Waals surface area (Å²) in [5.74, 6) is 0. The van der Waals surface area contributed by atoms with Crippen LogP contribution in [0.4, 0.5) is 105 Å². The number of benzene rings is 4. The average molecular weight is 1930 g/mol. The molecule has 4 aromatic carbocycles. The molecule has 76 heavy (non-hydrogen) atoms. The van der Waals surface area contributed by atoms with Crippen molar-refractivity contribution >= 4 is 86.0 Å². The molecular formula is C40H24At2Br2Cl2F24I2O4. The Morgan fingerprint density at radius 2 is 0.697 bits per heavy atom. The van der Waals surface area contributed by atoms with Crippen LogP contribution in [0.2, 0.25) is 0 Å². The van der Waals surface area contributed by atoms with Crippen LogP contribution < -0.4 is 6.54 Å². The van der Waals surface area contributed by atoms with Crippen LogP contribution in [0.3, 0.4) is 0 Å². The van der Waals surface area contributed by atoms with Crippen molar-refractivity contribution < 1.29 is 158 Å². The van der Waals surface area contributed by atoms with Crippen LogP contribution >= 0.6 is 79.4 Å². The fourth-order valence-corrected chi connectivity index (χ4v) is 31.5. The third-order valence-corrected chi connectivity index (χ3v) is 34.5. The molecule has 0 bridgehead atoms. The Morgan fingerprint density at radius 3 is 1.08 bits per heavy atom. The van der Waals surface area contributed by atoms with E-state index in [9.17, 15) is 105 Å². The zero-order valence-electron chi connectivity index (χ0n) is 36.7. The first-order chi connectivity index (χ1) is 34.0. The quantitative estimate of drug-likeness (QED) is 0.130. The van der Waals surface area contributed by atoms with Crippen molar-refractivity contribution in [1.82, 2.24) is 0 Å². The third-order valence-electron chi connectivity index (χ3n) is 10.6. The molecule has 4 aliphatic heterocycles. The Labute approximate surface area is 463 Å². The van der Waals surface area contributed by atoms with Crippen molar-refractivity contribution in [1.29, 1.82) is 0 Å². The fraction of sp³-hybridized carbons (Fsp3) is 0.400. The predicted molar refractivity (Wildman–Crippen MR) is 238 cm³/mol. The summed E-state index contributed by atoms with van der Waals surface area (Å²) >= 11 is -7.97. The fourth-order valence-electron chi connectivity index (χ4n) is 7.11. The summed E-state index contributed by atoms with van der Waals surface area (Å²) in [7, 11) is 11.3. The molecule has 0 amide bonds. The summed E-state index contributed by atoms with van der Waals surface area (Å²) in [4.78, 5) is 0. The van der Waals surface area contributed by atoms with E-state index >= 15 is 0 Å². The van der Waals surface area contributed by atoms with E-state index in [4.69, 9.17) is 17.4 Å². The third kappa shape index (κ3) is 11.6. The van der Waals surface area contributed by atoms with Crippen molar-refractivity contribution in [2.24, 2.45) is 0 Å². The molecule has 8 rings (SSSR count). The van der Waals surface area contributed by atoms with Gasteiger partial charge in [0.05, 0.1) is 0 Å². The first kappa shape index (κ1) is 66.6. The number of fused-ring (bicyclic) bond motifs is 4. The van der Waals surface area contributed by atoms with Crippen LogP contribution in [-0.4, -0.2) is 49.4 Å². The molecule has 0 fully saturated rings. The Bertz CT molecular complexity index is 2370. The zero-order chi connectivity index (χ0) is 58.6. The SMILES string of the molecule is Cc1ccc2c(c1)C(C(F)(F)F)(C(F)(F)F)O[125I]2Br.Cc1ccc2c(c1)C(C(F)(F)F)(C(F)(F)F)O[125I]2Cl.Cc1ccc2c(c1)C(C(F)(F)F)(C(F)(F)F)O[211At]2Br.Cc1ccc2c(c1)C(C(F)(F)F)(C(F)(F)F)O[211At]2Cl. The van der Waals surface area contributed by atoms with E-state index in [1.807, 2.05) is 0 Å². The Hall–Kier alpha value is -0.194. The molecule has 0 N–H and O–H groups in total. The van der Waals surface area contributed by atoms with E-state index in [0.29, 0.717) is 11.1 Å². The van der Waals surface area contributed by atoms with Crippen LogP contribution in [0.1, 0.15) is 44.5 Å². The summed E-state index contributed by atoms with van der Waals surface area (Å²) in [6, 6.07) is 14.2. The van der Waals surface area contributed by atoms with Crippen LogP contribution in [0.5, 0.6) is 0 Å². The van der Waals surface area contributed by atoms with E-state index in [1.165, 1.54) is 76.2 Å². The standard InChI is InChI=1S/C10H6AtBrF6O.C10H6AtClF6O.C10H6BrF6IO.C10H6ClF6IO/c2*1-5-2-3-7-6(4-5)8(9(13,14)15,10(16,17)18)19-11(7)12;2*1-5-2-3-7-6(4-5)8(9(12,13)14,10(15,16)17)19-18(7)11/h4*2-4H,1H3/i2*11+1;2*18-2. The van der Waals surface area contributed by atoms with Gasteiger partial charge in [-0.3, -0.25) is 0 Å². The number of aryl methyl sites for hydroxylation is 4. The second-order valence-corrected chi connectivity index (χ2v) is 41.4. The van der Waals surface area contributed by atoms with Crippen molar-refractivity contribution in [3.63, 3.8) is 0 Å². The molecule has 0 spiro atoms. The van der Waals surface area contributed by atoms with Crippen LogP contribution in [0.25, 0.3) is 0 Å². The Balaban J connectivity index is 0.000000187. The monoisotopic (exact) mass is 1920 g/mol. The molecule has 432 valence electrons. The predicted octanol–water partition coefficient (Wildman–Crippen LogP) is 17.8. The van der Waals surface area contributed by atoms with E-state index in [2.05, 4.69) is 36.7 Å². The van der Waals surface area contributed by atoms with Gasteiger partial charge in [0, 0.05) is 0 Å². The molecule has 4 aromatic rings. The molecule has 0 aromatic heterocycles. The van der Waals surface area contributed by atoms with Crippen LogP contribution in [0.15, 0.2) is 72.8 Å². The Morgan fingerprint density at radius 1 is 0.408 bits per heavy atom. The van der Waals surface area contributed by atoms with Crippen molar-refractivity contribution in [3.05, 3.63) is 124 Å². The number of hydrogen-bond acceptors (Lipinski definition) is 4. The Kier molecular flexibility index (Phi) is 19.4. The number of rotatable bonds is 0. The van der Waals surface area contributed by atoms with Crippen molar-refractivity contribution in [2.75, 3.05) is 0 Å². The van der Waals surface area contributed by atoms with E-state index < -0.39 is 172 Å². The van der Waals surface area contributed by atoms with Gasteiger partial charge in [-0.15, -0.1) is 0 Å². The first-order valence-corrected chi connectivity index (χ1v) is 46.1. The maximum absolute atomic E-state index is 13.1. The minimum absolute atomic E-state index is 0.00977. The molecule has 0 unspecified atom stereocenters.